The third-order valence-electron chi connectivity index (χ3n) is 2.69. The van der Waals surface area contributed by atoms with Gasteiger partial charge in [0.2, 0.25) is 0 Å². The lowest BCUT2D eigenvalue weighted by molar-refractivity contribution is -0.141. The van der Waals surface area contributed by atoms with Gasteiger partial charge in [-0.05, 0) is 25.2 Å². The Labute approximate surface area is 93.4 Å². The minimum absolute atomic E-state index is 0.0153. The van der Waals surface area contributed by atoms with Gasteiger partial charge in [-0.15, -0.1) is 11.8 Å². The maximum atomic E-state index is 11.1. The number of rotatable bonds is 6. The molecule has 1 atom stereocenters. The molecule has 1 saturated carbocycles. The number of thioether (sulfide) groups is 1. The number of aliphatic carboxylic acids is 1. The third-order valence-corrected chi connectivity index (χ3v) is 4.17. The molecule has 1 N–H and O–H groups in total. The van der Waals surface area contributed by atoms with Crippen LogP contribution in [0.1, 0.15) is 26.2 Å². The van der Waals surface area contributed by atoms with Crippen LogP contribution < -0.4 is 0 Å². The fourth-order valence-corrected chi connectivity index (χ4v) is 2.44. The molecule has 0 amide bonds. The average molecular weight is 232 g/mol. The SMILES string of the molecule is COC(=O)CC1(CSC(C)C(=O)O)CC1. The van der Waals surface area contributed by atoms with E-state index in [4.69, 9.17) is 5.11 Å². The molecular formula is C10H16O4S. The largest absolute Gasteiger partial charge is 0.480 e. The molecule has 1 rings (SSSR count). The molecule has 1 aliphatic carbocycles. The van der Waals surface area contributed by atoms with Gasteiger partial charge in [-0.25, -0.2) is 0 Å². The predicted octanol–water partition coefficient (Wildman–Crippen LogP) is 1.54. The maximum Gasteiger partial charge on any atom is 0.316 e. The Morgan fingerprint density at radius 3 is 2.53 bits per heavy atom. The fraction of sp³-hybridized carbons (Fsp3) is 0.800. The van der Waals surface area contributed by atoms with Crippen molar-refractivity contribution in [1.29, 1.82) is 0 Å². The topological polar surface area (TPSA) is 63.6 Å². The molecule has 0 bridgehead atoms. The summed E-state index contributed by atoms with van der Waals surface area (Å²) in [4.78, 5) is 21.7. The number of carbonyl (C=O) groups excluding carboxylic acids is 1. The van der Waals surface area contributed by atoms with Crippen molar-refractivity contribution in [2.45, 2.75) is 31.4 Å². The highest BCUT2D eigenvalue weighted by Gasteiger charge is 2.44. The number of hydrogen-bond donors (Lipinski definition) is 1. The first-order valence-corrected chi connectivity index (χ1v) is 5.95. The van der Waals surface area contributed by atoms with E-state index >= 15 is 0 Å². The van der Waals surface area contributed by atoms with Crippen molar-refractivity contribution in [3.8, 4) is 0 Å². The molecule has 1 unspecified atom stereocenters. The van der Waals surface area contributed by atoms with E-state index in [1.165, 1.54) is 18.9 Å². The molecule has 1 aliphatic rings. The predicted molar refractivity (Wildman–Crippen MR) is 57.9 cm³/mol. The number of methoxy groups -OCH3 is 1. The Hall–Kier alpha value is -0.710. The summed E-state index contributed by atoms with van der Waals surface area (Å²) < 4.78 is 4.62. The lowest BCUT2D eigenvalue weighted by Crippen LogP contribution is -2.18. The van der Waals surface area contributed by atoms with Gasteiger partial charge in [0.15, 0.2) is 0 Å². The molecule has 1 fully saturated rings. The smallest absolute Gasteiger partial charge is 0.316 e. The molecule has 0 aromatic rings. The van der Waals surface area contributed by atoms with Gasteiger partial charge >= 0.3 is 11.9 Å². The minimum Gasteiger partial charge on any atom is -0.480 e. The van der Waals surface area contributed by atoms with Gasteiger partial charge in [-0.3, -0.25) is 9.59 Å². The second-order valence-corrected chi connectivity index (χ2v) is 5.37. The zero-order valence-electron chi connectivity index (χ0n) is 8.99. The van der Waals surface area contributed by atoms with Crippen LogP contribution in [0.4, 0.5) is 0 Å². The summed E-state index contributed by atoms with van der Waals surface area (Å²) in [5.74, 6) is -0.264. The molecular weight excluding hydrogens is 216 g/mol. The van der Waals surface area contributed by atoms with Gasteiger partial charge in [-0.2, -0.15) is 0 Å². The number of carbonyl (C=O) groups is 2. The summed E-state index contributed by atoms with van der Waals surface area (Å²) in [6.07, 6.45) is 2.42. The first-order chi connectivity index (χ1) is 6.99. The van der Waals surface area contributed by atoms with Crippen molar-refractivity contribution in [2.75, 3.05) is 12.9 Å². The quantitative estimate of drug-likeness (QED) is 0.704. The van der Waals surface area contributed by atoms with Crippen molar-refractivity contribution in [3.05, 3.63) is 0 Å². The average Bonchev–Trinajstić information content (AvgIpc) is 2.94. The lowest BCUT2D eigenvalue weighted by atomic mass is 10.1. The summed E-state index contributed by atoms with van der Waals surface area (Å²) in [6.45, 7) is 1.67. The standard InChI is InChI=1S/C10H16O4S/c1-7(9(12)13)15-6-10(3-4-10)5-8(11)14-2/h7H,3-6H2,1-2H3,(H,12,13). The highest BCUT2D eigenvalue weighted by Crippen LogP contribution is 2.51. The zero-order chi connectivity index (χ0) is 11.5. The van der Waals surface area contributed by atoms with Gasteiger partial charge in [0.05, 0.1) is 18.8 Å². The molecule has 5 heteroatoms. The van der Waals surface area contributed by atoms with Gasteiger partial charge in [0.1, 0.15) is 0 Å². The van der Waals surface area contributed by atoms with Crippen LogP contribution in [0.15, 0.2) is 0 Å². The molecule has 0 aromatic carbocycles. The molecule has 0 saturated heterocycles. The number of ether oxygens (including phenoxy) is 1. The van der Waals surface area contributed by atoms with E-state index in [9.17, 15) is 9.59 Å². The summed E-state index contributed by atoms with van der Waals surface area (Å²) in [5.41, 5.74) is 0.0153. The zero-order valence-corrected chi connectivity index (χ0v) is 9.80. The van der Waals surface area contributed by atoms with Crippen LogP contribution in [0, 0.1) is 5.41 Å². The normalized spacial score (nSPS) is 19.3. The molecule has 4 nitrogen and oxygen atoms in total. The molecule has 0 aliphatic heterocycles. The Morgan fingerprint density at radius 1 is 1.53 bits per heavy atom. The van der Waals surface area contributed by atoms with Crippen LogP contribution in [-0.4, -0.2) is 35.2 Å². The molecule has 0 aromatic heterocycles. The highest BCUT2D eigenvalue weighted by molar-refractivity contribution is 8.00. The fourth-order valence-electron chi connectivity index (χ4n) is 1.30. The molecule has 0 spiro atoms. The van der Waals surface area contributed by atoms with E-state index in [-0.39, 0.29) is 11.4 Å². The minimum atomic E-state index is -0.797. The molecule has 15 heavy (non-hydrogen) atoms. The van der Waals surface area contributed by atoms with Gasteiger partial charge in [0, 0.05) is 5.75 Å². The van der Waals surface area contributed by atoms with Gasteiger partial charge in [-0.1, -0.05) is 0 Å². The number of carboxylic acid groups (broad SMARTS) is 1. The Bertz CT molecular complexity index is 260. The monoisotopic (exact) mass is 232 g/mol. The Balaban J connectivity index is 2.31. The van der Waals surface area contributed by atoms with Crippen molar-refractivity contribution in [3.63, 3.8) is 0 Å². The van der Waals surface area contributed by atoms with Gasteiger partial charge < -0.3 is 9.84 Å². The number of esters is 1. The maximum absolute atomic E-state index is 11.1. The van der Waals surface area contributed by atoms with Crippen LogP contribution >= 0.6 is 11.8 Å². The first-order valence-electron chi connectivity index (χ1n) is 4.90. The van der Waals surface area contributed by atoms with Crippen molar-refractivity contribution < 1.29 is 19.4 Å². The second kappa shape index (κ2) is 4.88. The summed E-state index contributed by atoms with van der Waals surface area (Å²) in [5, 5.41) is 8.31. The number of carboxylic acids is 1. The molecule has 0 radical (unpaired) electrons. The third kappa shape index (κ3) is 3.74. The van der Waals surface area contributed by atoms with E-state index in [1.807, 2.05) is 0 Å². The van der Waals surface area contributed by atoms with Crippen LogP contribution in [0.2, 0.25) is 0 Å². The summed E-state index contributed by atoms with van der Waals surface area (Å²) in [6, 6.07) is 0. The van der Waals surface area contributed by atoms with Crippen LogP contribution in [-0.2, 0) is 14.3 Å². The number of hydrogen-bond acceptors (Lipinski definition) is 4. The van der Waals surface area contributed by atoms with Crippen LogP contribution in [0.25, 0.3) is 0 Å². The Morgan fingerprint density at radius 2 is 2.13 bits per heavy atom. The molecule has 0 heterocycles. The van der Waals surface area contributed by atoms with E-state index in [0.29, 0.717) is 6.42 Å². The second-order valence-electron chi connectivity index (χ2n) is 4.04. The van der Waals surface area contributed by atoms with Gasteiger partial charge in [0.25, 0.3) is 0 Å². The van der Waals surface area contributed by atoms with Crippen molar-refractivity contribution >= 4 is 23.7 Å². The van der Waals surface area contributed by atoms with Crippen molar-refractivity contribution in [2.24, 2.45) is 5.41 Å². The van der Waals surface area contributed by atoms with E-state index < -0.39 is 11.2 Å². The summed E-state index contributed by atoms with van der Waals surface area (Å²) in [7, 11) is 1.38. The van der Waals surface area contributed by atoms with Crippen LogP contribution in [0.5, 0.6) is 0 Å². The van der Waals surface area contributed by atoms with E-state index in [2.05, 4.69) is 4.74 Å². The molecule has 86 valence electrons. The van der Waals surface area contributed by atoms with Crippen LogP contribution in [0.3, 0.4) is 0 Å². The summed E-state index contributed by atoms with van der Waals surface area (Å²) >= 11 is 1.40. The highest BCUT2D eigenvalue weighted by atomic mass is 32.2. The Kier molecular flexibility index (Phi) is 4.02. The van der Waals surface area contributed by atoms with E-state index in [1.54, 1.807) is 6.92 Å². The lowest BCUT2D eigenvalue weighted by Gasteiger charge is -2.14. The first kappa shape index (κ1) is 12.4. The van der Waals surface area contributed by atoms with Crippen molar-refractivity contribution in [1.82, 2.24) is 0 Å². The van der Waals surface area contributed by atoms with E-state index in [0.717, 1.165) is 18.6 Å².